The maximum absolute atomic E-state index is 12.9. The van der Waals surface area contributed by atoms with Crippen LogP contribution in [-0.2, 0) is 14.8 Å². The van der Waals surface area contributed by atoms with Gasteiger partial charge in [0.25, 0.3) is 10.0 Å². The molecule has 0 unspecified atom stereocenters. The zero-order chi connectivity index (χ0) is 22.8. The number of benzene rings is 1. The van der Waals surface area contributed by atoms with Crippen LogP contribution in [-0.4, -0.2) is 36.2 Å². The van der Waals surface area contributed by atoms with Crippen LogP contribution in [0.3, 0.4) is 0 Å². The van der Waals surface area contributed by atoms with E-state index in [4.69, 9.17) is 5.73 Å². The number of hydrogen-bond donors (Lipinski definition) is 3. The van der Waals surface area contributed by atoms with Crippen LogP contribution in [0.4, 0.5) is 11.5 Å². The average molecular weight is 518 g/mol. The highest BCUT2D eigenvalue weighted by molar-refractivity contribution is 8.01. The van der Waals surface area contributed by atoms with Crippen molar-refractivity contribution in [1.82, 2.24) is 9.55 Å². The van der Waals surface area contributed by atoms with Crippen LogP contribution < -0.4 is 21.5 Å². The normalized spacial score (nSPS) is 11.2. The summed E-state index contributed by atoms with van der Waals surface area (Å²) in [7, 11) is -4.00. The summed E-state index contributed by atoms with van der Waals surface area (Å²) in [5.41, 5.74) is 6.68. The summed E-state index contributed by atoms with van der Waals surface area (Å²) in [5.74, 6) is 0.472. The van der Waals surface area contributed by atoms with E-state index < -0.39 is 15.7 Å². The molecule has 174 valence electrons. The van der Waals surface area contributed by atoms with Crippen LogP contribution in [0.2, 0.25) is 0 Å². The lowest BCUT2D eigenvalue weighted by Crippen LogP contribution is -2.17. The van der Waals surface area contributed by atoms with Crippen molar-refractivity contribution in [3.05, 3.63) is 45.3 Å². The number of imidazole rings is 1. The molecule has 0 bridgehead atoms. The van der Waals surface area contributed by atoms with E-state index in [-0.39, 0.29) is 29.0 Å². The monoisotopic (exact) mass is 517 g/mol. The van der Waals surface area contributed by atoms with E-state index in [0.717, 1.165) is 21.3 Å². The van der Waals surface area contributed by atoms with Gasteiger partial charge in [0.05, 0.1) is 9.10 Å². The number of hydrogen-bond acceptors (Lipinski definition) is 8. The molecular formula is C19H24ClN5O4S3. The molecule has 3 rings (SSSR count). The Morgan fingerprint density at radius 3 is 2.50 bits per heavy atom. The standard InChI is InChI=1S/C19H23N5O4S3.ClH/c1-11-12(2)30-18(29-10-4-9-20)16-17(22-19(26)24(11)16)23-31(27,28)15-7-5-14(6-8-15)21-13(3)25;/h5-8H,4,9-10,20H2,1-3H3,(H,21,25)(H,22,23,26);1H. The van der Waals surface area contributed by atoms with Gasteiger partial charge >= 0.3 is 5.69 Å². The Balaban J connectivity index is 0.00000363. The molecule has 2 heterocycles. The highest BCUT2D eigenvalue weighted by atomic mass is 35.5. The van der Waals surface area contributed by atoms with Crippen molar-refractivity contribution in [1.29, 1.82) is 0 Å². The quantitative estimate of drug-likeness (QED) is 0.308. The number of nitrogens with zero attached hydrogens (tertiary/aromatic N) is 2. The molecule has 1 aromatic rings. The molecule has 0 radical (unpaired) electrons. The Morgan fingerprint density at radius 2 is 1.91 bits per heavy atom. The number of fused-ring (bicyclic) bond motifs is 1. The second-order valence-corrected chi connectivity index (χ2v) is 11.0. The number of anilines is 2. The number of aryl methyl sites for hydroxylation is 1. The molecule has 0 spiro atoms. The molecular weight excluding hydrogens is 494 g/mol. The summed E-state index contributed by atoms with van der Waals surface area (Å²) in [4.78, 5) is 28.6. The zero-order valence-electron chi connectivity index (χ0n) is 17.7. The number of carbonyl (C=O) groups excluding carboxylic acids is 1. The summed E-state index contributed by atoms with van der Waals surface area (Å²) >= 11 is 3.01. The van der Waals surface area contributed by atoms with Crippen molar-refractivity contribution >= 4 is 62.9 Å². The first-order valence-corrected chi connectivity index (χ1v) is 12.7. The van der Waals surface area contributed by atoms with Gasteiger partial charge in [0, 0.05) is 28.9 Å². The van der Waals surface area contributed by atoms with Crippen molar-refractivity contribution in [2.45, 2.75) is 36.3 Å². The Kier molecular flexibility index (Phi) is 8.71. The van der Waals surface area contributed by atoms with Crippen molar-refractivity contribution in [3.8, 4) is 5.69 Å². The largest absolute Gasteiger partial charge is 0.354 e. The fraction of sp³-hybridized carbons (Fsp3) is 0.316. The van der Waals surface area contributed by atoms with Crippen LogP contribution >= 0.6 is 35.5 Å². The Labute approximate surface area is 200 Å². The lowest BCUT2D eigenvalue weighted by atomic mass is 10.3. The van der Waals surface area contributed by atoms with Gasteiger partial charge in [0.2, 0.25) is 5.91 Å². The maximum Gasteiger partial charge on any atom is 0.354 e. The zero-order valence-corrected chi connectivity index (χ0v) is 20.9. The van der Waals surface area contributed by atoms with Crippen molar-refractivity contribution < 1.29 is 13.2 Å². The lowest BCUT2D eigenvalue weighted by Gasteiger charge is -2.16. The first-order chi connectivity index (χ1) is 14.6. The number of aromatic nitrogens is 2. The van der Waals surface area contributed by atoms with Gasteiger partial charge in [-0.3, -0.25) is 14.1 Å². The molecule has 9 nitrogen and oxygen atoms in total. The number of rotatable bonds is 8. The molecule has 13 heteroatoms. The molecule has 0 aliphatic carbocycles. The molecule has 1 aromatic carbocycles. The summed E-state index contributed by atoms with van der Waals surface area (Å²) < 4.78 is 30.6. The third kappa shape index (κ3) is 5.62. The van der Waals surface area contributed by atoms with Gasteiger partial charge in [0.15, 0.2) is 5.82 Å². The van der Waals surface area contributed by atoms with Gasteiger partial charge < -0.3 is 11.1 Å². The average Bonchev–Trinajstić information content (AvgIpc) is 3.01. The van der Waals surface area contributed by atoms with E-state index in [9.17, 15) is 18.0 Å². The number of halogens is 1. The third-order valence-corrected chi connectivity index (χ3v) is 8.32. The van der Waals surface area contributed by atoms with Gasteiger partial charge in [-0.1, -0.05) is 0 Å². The van der Waals surface area contributed by atoms with E-state index >= 15 is 0 Å². The summed E-state index contributed by atoms with van der Waals surface area (Å²) in [5, 5.41) is 2.58. The Bertz CT molecular complexity index is 1240. The minimum Gasteiger partial charge on any atom is -0.330 e. The molecule has 32 heavy (non-hydrogen) atoms. The summed E-state index contributed by atoms with van der Waals surface area (Å²) in [6.45, 7) is 5.62. The van der Waals surface area contributed by atoms with Crippen LogP contribution in [0, 0.1) is 13.8 Å². The topological polar surface area (TPSA) is 136 Å². The molecule has 0 saturated carbocycles. The number of amides is 1. The van der Waals surface area contributed by atoms with Crippen molar-refractivity contribution in [3.63, 3.8) is 0 Å². The van der Waals surface area contributed by atoms with E-state index in [1.807, 2.05) is 6.92 Å². The lowest BCUT2D eigenvalue weighted by molar-refractivity contribution is -0.114. The van der Waals surface area contributed by atoms with Crippen LogP contribution in [0.25, 0.3) is 5.69 Å². The minimum atomic E-state index is -4.00. The number of nitrogens with one attached hydrogen (secondary N) is 2. The second kappa shape index (κ2) is 10.7. The van der Waals surface area contributed by atoms with E-state index in [1.54, 1.807) is 6.92 Å². The van der Waals surface area contributed by atoms with Gasteiger partial charge in [-0.15, -0.1) is 35.5 Å². The van der Waals surface area contributed by atoms with Gasteiger partial charge in [-0.25, -0.2) is 13.2 Å². The smallest absolute Gasteiger partial charge is 0.330 e. The third-order valence-electron chi connectivity index (χ3n) is 4.43. The van der Waals surface area contributed by atoms with Crippen molar-refractivity contribution in [2.75, 3.05) is 22.3 Å². The van der Waals surface area contributed by atoms with E-state index in [2.05, 4.69) is 15.0 Å². The van der Waals surface area contributed by atoms with Crippen LogP contribution in [0.1, 0.15) is 23.9 Å². The van der Waals surface area contributed by atoms with Crippen LogP contribution in [0.15, 0.2) is 38.2 Å². The maximum atomic E-state index is 12.9. The molecule has 2 aliphatic heterocycles. The summed E-state index contributed by atoms with van der Waals surface area (Å²) in [6.07, 6.45) is 0.788. The van der Waals surface area contributed by atoms with Crippen molar-refractivity contribution in [2.24, 2.45) is 5.73 Å². The molecule has 0 fully saturated rings. The SMILES string of the molecule is CC(=O)Nc1ccc(S(=O)(=O)Nc2nc(=O)n3c(C)c(C)sc(SCCCN)c2-3)cc1.Cl. The van der Waals surface area contributed by atoms with Crippen LogP contribution in [0.5, 0.6) is 0 Å². The number of thioether (sulfide) groups is 1. The van der Waals surface area contributed by atoms with E-state index in [1.165, 1.54) is 58.9 Å². The highest BCUT2D eigenvalue weighted by Gasteiger charge is 2.26. The first kappa shape index (κ1) is 26.1. The predicted octanol–water partition coefficient (Wildman–Crippen LogP) is 2.97. The number of nitrogens with two attached hydrogens (primary N) is 1. The van der Waals surface area contributed by atoms with E-state index in [0.29, 0.717) is 23.6 Å². The fourth-order valence-corrected chi connectivity index (χ4v) is 6.33. The molecule has 0 saturated heterocycles. The first-order valence-electron chi connectivity index (χ1n) is 9.40. The molecule has 2 aliphatic rings. The summed E-state index contributed by atoms with van der Waals surface area (Å²) in [6, 6.07) is 5.73. The predicted molar refractivity (Wildman–Crippen MR) is 132 cm³/mol. The molecule has 1 amide bonds. The molecule has 4 N–H and O–H groups in total. The highest BCUT2D eigenvalue weighted by Crippen LogP contribution is 2.38. The van der Waals surface area contributed by atoms with Gasteiger partial charge in [-0.2, -0.15) is 4.98 Å². The molecule has 0 atom stereocenters. The Morgan fingerprint density at radius 1 is 1.25 bits per heavy atom. The number of carbonyl (C=O) groups is 1. The Hall–Kier alpha value is -2.12. The second-order valence-electron chi connectivity index (χ2n) is 6.76. The fourth-order valence-electron chi connectivity index (χ4n) is 2.84. The van der Waals surface area contributed by atoms with Gasteiger partial charge in [-0.05, 0) is 51.1 Å². The minimum absolute atomic E-state index is 0. The number of sulfonamides is 1. The molecule has 0 aromatic heterocycles. The van der Waals surface area contributed by atoms with Gasteiger partial charge in [0.1, 0.15) is 5.69 Å².